The summed E-state index contributed by atoms with van der Waals surface area (Å²) in [5.41, 5.74) is 9.80. The molecule has 6 heteroatoms. The standard InChI is InChI=1S/C10H14N4O.ClH/c1-6-3-8(4-7(2)9(6)15)5-13-14-10(11)12;/h3-5,15H,1-2H3,(H4,11,12,14);1H. The van der Waals surface area contributed by atoms with Gasteiger partial charge in [0.05, 0.1) is 6.21 Å². The van der Waals surface area contributed by atoms with Gasteiger partial charge in [-0.15, -0.1) is 12.4 Å². The monoisotopic (exact) mass is 242 g/mol. The first-order valence-electron chi connectivity index (χ1n) is 4.44. The van der Waals surface area contributed by atoms with Crippen LogP contribution in [0.1, 0.15) is 16.7 Å². The minimum atomic E-state index is -0.210. The van der Waals surface area contributed by atoms with Gasteiger partial charge in [0.15, 0.2) is 0 Å². The van der Waals surface area contributed by atoms with Crippen LogP contribution in [0.15, 0.2) is 17.2 Å². The van der Waals surface area contributed by atoms with Crippen molar-refractivity contribution < 1.29 is 5.11 Å². The average Bonchev–Trinajstić information content (AvgIpc) is 2.13. The second-order valence-electron chi connectivity index (χ2n) is 3.29. The Morgan fingerprint density at radius 1 is 1.44 bits per heavy atom. The lowest BCUT2D eigenvalue weighted by molar-refractivity contribution is 0.467. The number of phenols is 1. The highest BCUT2D eigenvalue weighted by molar-refractivity contribution is 5.85. The number of aromatic hydroxyl groups is 1. The van der Waals surface area contributed by atoms with Crippen LogP contribution in [0.4, 0.5) is 0 Å². The number of nitrogens with zero attached hydrogens (tertiary/aromatic N) is 1. The summed E-state index contributed by atoms with van der Waals surface area (Å²) in [6.07, 6.45) is 1.54. The molecule has 0 aliphatic carbocycles. The zero-order valence-electron chi connectivity index (χ0n) is 9.11. The Morgan fingerprint density at radius 2 is 1.94 bits per heavy atom. The average molecular weight is 243 g/mol. The van der Waals surface area contributed by atoms with Crippen molar-refractivity contribution in [2.24, 2.45) is 10.8 Å². The van der Waals surface area contributed by atoms with Crippen molar-refractivity contribution in [3.05, 3.63) is 28.8 Å². The van der Waals surface area contributed by atoms with Crippen molar-refractivity contribution in [2.45, 2.75) is 13.8 Å². The maximum atomic E-state index is 9.53. The van der Waals surface area contributed by atoms with Crippen molar-refractivity contribution >= 4 is 24.6 Å². The van der Waals surface area contributed by atoms with E-state index in [1.165, 1.54) is 0 Å². The topological polar surface area (TPSA) is 94.5 Å². The number of guanidine groups is 1. The molecule has 0 unspecified atom stereocenters. The van der Waals surface area contributed by atoms with E-state index in [1.54, 1.807) is 18.3 Å². The van der Waals surface area contributed by atoms with Crippen LogP contribution in [0.25, 0.3) is 0 Å². The van der Waals surface area contributed by atoms with Gasteiger partial charge >= 0.3 is 0 Å². The van der Waals surface area contributed by atoms with Crippen molar-refractivity contribution in [3.8, 4) is 5.75 Å². The Bertz CT molecular complexity index is 394. The van der Waals surface area contributed by atoms with Crippen molar-refractivity contribution in [1.29, 1.82) is 5.41 Å². The van der Waals surface area contributed by atoms with Crippen LogP contribution in [-0.2, 0) is 0 Å². The molecule has 0 saturated heterocycles. The molecule has 0 aliphatic heterocycles. The van der Waals surface area contributed by atoms with Gasteiger partial charge in [0.1, 0.15) is 5.75 Å². The maximum Gasteiger partial charge on any atom is 0.206 e. The van der Waals surface area contributed by atoms with E-state index < -0.39 is 0 Å². The van der Waals surface area contributed by atoms with Crippen molar-refractivity contribution in [2.75, 3.05) is 0 Å². The number of aryl methyl sites for hydroxylation is 2. The van der Waals surface area contributed by atoms with Gasteiger partial charge < -0.3 is 10.8 Å². The van der Waals surface area contributed by atoms with E-state index in [0.29, 0.717) is 5.75 Å². The molecule has 0 heterocycles. The predicted octanol–water partition coefficient (Wildman–Crippen LogP) is 1.25. The molecule has 0 amide bonds. The predicted molar refractivity (Wildman–Crippen MR) is 67.5 cm³/mol. The number of hydrogen-bond acceptors (Lipinski definition) is 3. The largest absolute Gasteiger partial charge is 0.507 e. The summed E-state index contributed by atoms with van der Waals surface area (Å²) in [6, 6.07) is 3.60. The normalized spacial score (nSPS) is 9.88. The molecule has 5 N–H and O–H groups in total. The summed E-state index contributed by atoms with van der Waals surface area (Å²) >= 11 is 0. The van der Waals surface area contributed by atoms with Crippen LogP contribution in [0.3, 0.4) is 0 Å². The number of nitrogens with one attached hydrogen (secondary N) is 2. The molecule has 16 heavy (non-hydrogen) atoms. The fourth-order valence-electron chi connectivity index (χ4n) is 1.24. The highest BCUT2D eigenvalue weighted by Crippen LogP contribution is 2.21. The van der Waals surface area contributed by atoms with E-state index in [4.69, 9.17) is 11.1 Å². The Labute approximate surface area is 100 Å². The summed E-state index contributed by atoms with van der Waals surface area (Å²) in [6.45, 7) is 3.64. The maximum absolute atomic E-state index is 9.53. The van der Waals surface area contributed by atoms with Crippen molar-refractivity contribution in [3.63, 3.8) is 0 Å². The SMILES string of the molecule is Cc1cc(C=NNC(=N)N)cc(C)c1O.Cl. The quantitative estimate of drug-likeness (QED) is 0.357. The zero-order chi connectivity index (χ0) is 11.4. The third-order valence-corrected chi connectivity index (χ3v) is 1.91. The minimum Gasteiger partial charge on any atom is -0.507 e. The third-order valence-electron chi connectivity index (χ3n) is 1.91. The molecular formula is C10H15ClN4O. The van der Waals surface area contributed by atoms with Crippen LogP contribution in [0.5, 0.6) is 5.75 Å². The van der Waals surface area contributed by atoms with Gasteiger partial charge in [-0.1, -0.05) is 0 Å². The molecular weight excluding hydrogens is 228 g/mol. The van der Waals surface area contributed by atoms with E-state index in [1.807, 2.05) is 13.8 Å². The smallest absolute Gasteiger partial charge is 0.206 e. The summed E-state index contributed by atoms with van der Waals surface area (Å²) in [5, 5.41) is 20.2. The number of nitrogens with two attached hydrogens (primary N) is 1. The van der Waals surface area contributed by atoms with Crippen LogP contribution in [-0.4, -0.2) is 17.3 Å². The number of rotatable bonds is 2. The van der Waals surface area contributed by atoms with Crippen LogP contribution in [0, 0.1) is 19.3 Å². The first-order valence-corrected chi connectivity index (χ1v) is 4.44. The molecule has 0 atom stereocenters. The van der Waals surface area contributed by atoms with Gasteiger partial charge in [0, 0.05) is 0 Å². The number of hydrazone groups is 1. The van der Waals surface area contributed by atoms with Gasteiger partial charge in [-0.25, -0.2) is 5.43 Å². The lowest BCUT2D eigenvalue weighted by Gasteiger charge is -2.04. The first kappa shape index (κ1) is 14.2. The molecule has 0 aliphatic rings. The van der Waals surface area contributed by atoms with E-state index >= 15 is 0 Å². The Hall–Kier alpha value is -1.75. The molecule has 1 rings (SSSR count). The molecule has 0 radical (unpaired) electrons. The number of phenolic OH excluding ortho intramolecular Hbond substituents is 1. The molecule has 0 spiro atoms. The molecule has 5 nitrogen and oxygen atoms in total. The van der Waals surface area contributed by atoms with Crippen molar-refractivity contribution in [1.82, 2.24) is 5.43 Å². The van der Waals surface area contributed by atoms with E-state index in [-0.39, 0.29) is 18.4 Å². The number of halogens is 1. The summed E-state index contributed by atoms with van der Waals surface area (Å²) < 4.78 is 0. The minimum absolute atomic E-state index is 0. The highest BCUT2D eigenvalue weighted by Gasteiger charge is 2.01. The van der Waals surface area contributed by atoms with Crippen LogP contribution < -0.4 is 11.2 Å². The molecule has 0 saturated carbocycles. The van der Waals surface area contributed by atoms with E-state index in [0.717, 1.165) is 16.7 Å². The first-order chi connectivity index (χ1) is 7.00. The van der Waals surface area contributed by atoms with Crippen LogP contribution in [0.2, 0.25) is 0 Å². The summed E-state index contributed by atoms with van der Waals surface area (Å²) in [5.74, 6) is 0.0881. The van der Waals surface area contributed by atoms with Gasteiger partial charge in [0.2, 0.25) is 5.96 Å². The lowest BCUT2D eigenvalue weighted by atomic mass is 10.1. The fourth-order valence-corrected chi connectivity index (χ4v) is 1.24. The number of hydrogen-bond donors (Lipinski definition) is 4. The molecule has 0 bridgehead atoms. The van der Waals surface area contributed by atoms with Gasteiger partial charge in [0.25, 0.3) is 0 Å². The fraction of sp³-hybridized carbons (Fsp3) is 0.200. The van der Waals surface area contributed by atoms with Gasteiger partial charge in [-0.3, -0.25) is 5.41 Å². The molecule has 88 valence electrons. The summed E-state index contributed by atoms with van der Waals surface area (Å²) in [7, 11) is 0. The Morgan fingerprint density at radius 3 is 2.38 bits per heavy atom. The molecule has 1 aromatic carbocycles. The second-order valence-corrected chi connectivity index (χ2v) is 3.29. The van der Waals surface area contributed by atoms with E-state index in [9.17, 15) is 5.11 Å². The second kappa shape index (κ2) is 5.97. The summed E-state index contributed by atoms with van der Waals surface area (Å²) in [4.78, 5) is 0. The van der Waals surface area contributed by atoms with Crippen LogP contribution >= 0.6 is 12.4 Å². The molecule has 1 aromatic rings. The molecule has 0 fully saturated rings. The highest BCUT2D eigenvalue weighted by atomic mass is 35.5. The van der Waals surface area contributed by atoms with E-state index in [2.05, 4.69) is 10.5 Å². The Kier molecular flexibility index (Phi) is 5.32. The Balaban J connectivity index is 0.00000225. The lowest BCUT2D eigenvalue weighted by Crippen LogP contribution is -2.25. The zero-order valence-corrected chi connectivity index (χ0v) is 9.93. The van der Waals surface area contributed by atoms with Gasteiger partial charge in [-0.05, 0) is 42.7 Å². The van der Waals surface area contributed by atoms with Gasteiger partial charge in [-0.2, -0.15) is 5.10 Å². The third kappa shape index (κ3) is 3.78. The molecule has 0 aromatic heterocycles. The number of benzene rings is 1.